The van der Waals surface area contributed by atoms with E-state index in [1.165, 1.54) is 5.56 Å². The zero-order chi connectivity index (χ0) is 14.8. The molecule has 0 bridgehead atoms. The molecule has 6 nitrogen and oxygen atoms in total. The first-order chi connectivity index (χ1) is 10.1. The van der Waals surface area contributed by atoms with E-state index in [1.54, 1.807) is 4.90 Å². The highest BCUT2D eigenvalue weighted by atomic mass is 16.2. The molecule has 110 valence electrons. The van der Waals surface area contributed by atoms with E-state index < -0.39 is 0 Å². The largest absolute Gasteiger partial charge is 0.381 e. The second kappa shape index (κ2) is 5.47. The summed E-state index contributed by atoms with van der Waals surface area (Å²) in [7, 11) is 1.92. The Labute approximate surface area is 123 Å². The number of hydrogen-bond acceptors (Lipinski definition) is 3. The third-order valence-corrected chi connectivity index (χ3v) is 3.63. The van der Waals surface area contributed by atoms with Gasteiger partial charge in [-0.05, 0) is 31.2 Å². The van der Waals surface area contributed by atoms with Gasteiger partial charge in [0.25, 0.3) is 0 Å². The maximum Gasteiger partial charge on any atom is 0.321 e. The Bertz CT molecular complexity index is 647. The van der Waals surface area contributed by atoms with Gasteiger partial charge in [0.05, 0.1) is 5.69 Å². The molecule has 1 fully saturated rings. The van der Waals surface area contributed by atoms with Gasteiger partial charge in [-0.3, -0.25) is 9.58 Å². The van der Waals surface area contributed by atoms with Crippen LogP contribution in [-0.4, -0.2) is 28.9 Å². The van der Waals surface area contributed by atoms with Crippen LogP contribution >= 0.6 is 0 Å². The molecule has 2 heterocycles. The Morgan fingerprint density at radius 1 is 1.33 bits per heavy atom. The van der Waals surface area contributed by atoms with Gasteiger partial charge in [0, 0.05) is 49.8 Å². The van der Waals surface area contributed by atoms with Crippen molar-refractivity contribution in [1.29, 1.82) is 0 Å². The molecule has 2 amide bonds. The van der Waals surface area contributed by atoms with Gasteiger partial charge in [-0.15, -0.1) is 0 Å². The van der Waals surface area contributed by atoms with Crippen molar-refractivity contribution in [3.63, 3.8) is 0 Å². The number of aromatic nitrogens is 2. The Kier molecular flexibility index (Phi) is 3.51. The summed E-state index contributed by atoms with van der Waals surface area (Å²) < 4.78 is 1.82. The minimum Gasteiger partial charge on any atom is -0.381 e. The number of carbonyl (C=O) groups is 1. The summed E-state index contributed by atoms with van der Waals surface area (Å²) in [6.07, 6.45) is 2.02. The molecule has 0 unspecified atom stereocenters. The molecule has 0 saturated carbocycles. The SMILES string of the molecule is Cc1nn(C)cc1CNc1ccc(N2CCNC2=O)cc1. The predicted octanol–water partition coefficient (Wildman–Crippen LogP) is 1.87. The number of urea groups is 1. The predicted molar refractivity (Wildman–Crippen MR) is 82.5 cm³/mol. The minimum absolute atomic E-state index is 0.0262. The van der Waals surface area contributed by atoms with Crippen LogP contribution < -0.4 is 15.5 Å². The maximum absolute atomic E-state index is 11.6. The molecule has 1 aliphatic heterocycles. The van der Waals surface area contributed by atoms with E-state index in [0.717, 1.165) is 30.2 Å². The summed E-state index contributed by atoms with van der Waals surface area (Å²) in [6.45, 7) is 4.18. The fraction of sp³-hybridized carbons (Fsp3) is 0.333. The van der Waals surface area contributed by atoms with Crippen molar-refractivity contribution >= 4 is 17.4 Å². The van der Waals surface area contributed by atoms with E-state index in [-0.39, 0.29) is 6.03 Å². The number of hydrogen-bond donors (Lipinski definition) is 2. The first-order valence-electron chi connectivity index (χ1n) is 7.02. The summed E-state index contributed by atoms with van der Waals surface area (Å²) in [4.78, 5) is 13.3. The molecule has 0 radical (unpaired) electrons. The highest BCUT2D eigenvalue weighted by molar-refractivity contribution is 5.94. The molecule has 2 aromatic rings. The lowest BCUT2D eigenvalue weighted by molar-refractivity contribution is 0.252. The highest BCUT2D eigenvalue weighted by Gasteiger charge is 2.20. The fourth-order valence-corrected chi connectivity index (χ4v) is 2.50. The standard InChI is InChI=1S/C15H19N5O/c1-11-12(10-19(2)18-11)9-17-13-3-5-14(6-4-13)20-8-7-16-15(20)21/h3-6,10,17H,7-9H2,1-2H3,(H,16,21). The Hall–Kier alpha value is -2.50. The monoisotopic (exact) mass is 285 g/mol. The lowest BCUT2D eigenvalue weighted by Gasteiger charge is -2.15. The smallest absolute Gasteiger partial charge is 0.321 e. The third-order valence-electron chi connectivity index (χ3n) is 3.63. The molecule has 0 spiro atoms. The maximum atomic E-state index is 11.6. The summed E-state index contributed by atoms with van der Waals surface area (Å²) in [5.74, 6) is 0. The molecule has 3 rings (SSSR count). The number of benzene rings is 1. The molecule has 1 aromatic heterocycles. The van der Waals surface area contributed by atoms with Crippen molar-refractivity contribution in [1.82, 2.24) is 15.1 Å². The summed E-state index contributed by atoms with van der Waals surface area (Å²) in [6, 6.07) is 7.88. The van der Waals surface area contributed by atoms with E-state index in [4.69, 9.17) is 0 Å². The van der Waals surface area contributed by atoms with E-state index >= 15 is 0 Å². The van der Waals surface area contributed by atoms with Gasteiger partial charge in [0.15, 0.2) is 0 Å². The summed E-state index contributed by atoms with van der Waals surface area (Å²) in [5, 5.41) is 10.5. The van der Waals surface area contributed by atoms with Crippen molar-refractivity contribution in [2.24, 2.45) is 7.05 Å². The molecule has 1 saturated heterocycles. The average molecular weight is 285 g/mol. The van der Waals surface area contributed by atoms with Crippen LogP contribution in [0.15, 0.2) is 30.5 Å². The second-order valence-electron chi connectivity index (χ2n) is 5.20. The molecule has 1 aromatic carbocycles. The van der Waals surface area contributed by atoms with E-state index in [9.17, 15) is 4.79 Å². The normalized spacial score (nSPS) is 14.4. The molecule has 6 heteroatoms. The average Bonchev–Trinajstić information content (AvgIpc) is 3.03. The van der Waals surface area contributed by atoms with Crippen LogP contribution in [0.3, 0.4) is 0 Å². The van der Waals surface area contributed by atoms with Crippen molar-refractivity contribution in [2.45, 2.75) is 13.5 Å². The van der Waals surface area contributed by atoms with Gasteiger partial charge >= 0.3 is 6.03 Å². The number of carbonyl (C=O) groups excluding carboxylic acids is 1. The van der Waals surface area contributed by atoms with E-state index in [1.807, 2.05) is 49.1 Å². The van der Waals surface area contributed by atoms with E-state index in [2.05, 4.69) is 15.7 Å². The van der Waals surface area contributed by atoms with Gasteiger partial charge in [0.2, 0.25) is 0 Å². The van der Waals surface area contributed by atoms with Crippen LogP contribution in [0.5, 0.6) is 0 Å². The van der Waals surface area contributed by atoms with Crippen molar-refractivity contribution in [3.8, 4) is 0 Å². The van der Waals surface area contributed by atoms with Gasteiger partial charge in [-0.2, -0.15) is 5.10 Å². The van der Waals surface area contributed by atoms with Crippen LogP contribution in [-0.2, 0) is 13.6 Å². The fourth-order valence-electron chi connectivity index (χ4n) is 2.50. The molecular formula is C15H19N5O. The van der Waals surface area contributed by atoms with Crippen LogP contribution in [0.2, 0.25) is 0 Å². The first kappa shape index (κ1) is 13.5. The van der Waals surface area contributed by atoms with Crippen molar-refractivity contribution < 1.29 is 4.79 Å². The Balaban J connectivity index is 1.64. The van der Waals surface area contributed by atoms with Gasteiger partial charge in [-0.1, -0.05) is 0 Å². The lowest BCUT2D eigenvalue weighted by atomic mass is 10.2. The number of amides is 2. The summed E-state index contributed by atoms with van der Waals surface area (Å²) in [5.41, 5.74) is 4.17. The molecular weight excluding hydrogens is 266 g/mol. The zero-order valence-electron chi connectivity index (χ0n) is 12.3. The van der Waals surface area contributed by atoms with Gasteiger partial charge < -0.3 is 10.6 Å². The quantitative estimate of drug-likeness (QED) is 0.901. The van der Waals surface area contributed by atoms with Crippen molar-refractivity contribution in [2.75, 3.05) is 23.3 Å². The van der Waals surface area contributed by atoms with Crippen LogP contribution in [0.4, 0.5) is 16.2 Å². The minimum atomic E-state index is -0.0262. The number of nitrogens with one attached hydrogen (secondary N) is 2. The lowest BCUT2D eigenvalue weighted by Crippen LogP contribution is -2.27. The Morgan fingerprint density at radius 2 is 2.10 bits per heavy atom. The van der Waals surface area contributed by atoms with Gasteiger partial charge in [-0.25, -0.2) is 4.79 Å². The molecule has 0 atom stereocenters. The highest BCUT2D eigenvalue weighted by Crippen LogP contribution is 2.20. The Morgan fingerprint density at radius 3 is 2.67 bits per heavy atom. The molecule has 2 N–H and O–H groups in total. The van der Waals surface area contributed by atoms with Gasteiger partial charge in [0.1, 0.15) is 0 Å². The number of rotatable bonds is 4. The third kappa shape index (κ3) is 2.84. The van der Waals surface area contributed by atoms with Crippen LogP contribution in [0.1, 0.15) is 11.3 Å². The van der Waals surface area contributed by atoms with Crippen LogP contribution in [0.25, 0.3) is 0 Å². The number of nitrogens with zero attached hydrogens (tertiary/aromatic N) is 3. The molecule has 1 aliphatic rings. The van der Waals surface area contributed by atoms with Crippen molar-refractivity contribution in [3.05, 3.63) is 41.7 Å². The van der Waals surface area contributed by atoms with E-state index in [0.29, 0.717) is 6.54 Å². The number of aryl methyl sites for hydroxylation is 2. The number of anilines is 2. The second-order valence-corrected chi connectivity index (χ2v) is 5.20. The zero-order valence-corrected chi connectivity index (χ0v) is 12.3. The summed E-state index contributed by atoms with van der Waals surface area (Å²) >= 11 is 0. The molecule has 0 aliphatic carbocycles. The topological polar surface area (TPSA) is 62.2 Å². The molecule has 21 heavy (non-hydrogen) atoms. The first-order valence-corrected chi connectivity index (χ1v) is 7.02. The van der Waals surface area contributed by atoms with Crippen LogP contribution in [0, 0.1) is 6.92 Å².